The summed E-state index contributed by atoms with van der Waals surface area (Å²) < 4.78 is 5.43. The standard InChI is InChI=1S/C14H22O2/c1-9(2)14(5,15)12-8-7-10(3)11(4)13(12)16-6/h7-9,15H,1-6H3. The van der Waals surface area contributed by atoms with Gasteiger partial charge in [0, 0.05) is 5.56 Å². The van der Waals surface area contributed by atoms with Gasteiger partial charge in [-0.3, -0.25) is 0 Å². The van der Waals surface area contributed by atoms with E-state index in [1.807, 2.05) is 46.8 Å². The Morgan fingerprint density at radius 3 is 2.25 bits per heavy atom. The SMILES string of the molecule is COc1c(C(C)(O)C(C)C)ccc(C)c1C. The molecule has 0 saturated carbocycles. The van der Waals surface area contributed by atoms with E-state index in [2.05, 4.69) is 0 Å². The van der Waals surface area contributed by atoms with Gasteiger partial charge in [0.15, 0.2) is 0 Å². The number of aliphatic hydroxyl groups is 1. The molecule has 1 aromatic carbocycles. The first-order valence-electron chi connectivity index (χ1n) is 5.69. The quantitative estimate of drug-likeness (QED) is 0.851. The maximum atomic E-state index is 10.5. The average Bonchev–Trinajstić information content (AvgIpc) is 2.21. The van der Waals surface area contributed by atoms with Crippen molar-refractivity contribution >= 4 is 0 Å². The summed E-state index contributed by atoms with van der Waals surface area (Å²) >= 11 is 0. The summed E-state index contributed by atoms with van der Waals surface area (Å²) in [6.07, 6.45) is 0. The van der Waals surface area contributed by atoms with Crippen LogP contribution in [-0.2, 0) is 5.60 Å². The van der Waals surface area contributed by atoms with Crippen LogP contribution in [0.4, 0.5) is 0 Å². The number of hydrogen-bond acceptors (Lipinski definition) is 2. The topological polar surface area (TPSA) is 29.5 Å². The minimum Gasteiger partial charge on any atom is -0.496 e. The lowest BCUT2D eigenvalue weighted by Crippen LogP contribution is -2.28. The minimum absolute atomic E-state index is 0.142. The van der Waals surface area contributed by atoms with Crippen molar-refractivity contribution in [1.29, 1.82) is 0 Å². The van der Waals surface area contributed by atoms with Gasteiger partial charge in [-0.1, -0.05) is 26.0 Å². The van der Waals surface area contributed by atoms with E-state index in [4.69, 9.17) is 4.74 Å². The predicted octanol–water partition coefficient (Wildman–Crippen LogP) is 3.18. The van der Waals surface area contributed by atoms with Crippen molar-refractivity contribution in [2.24, 2.45) is 5.92 Å². The molecule has 0 radical (unpaired) electrons. The zero-order valence-corrected chi connectivity index (χ0v) is 11.1. The van der Waals surface area contributed by atoms with E-state index in [1.165, 1.54) is 5.56 Å². The molecular formula is C14H22O2. The van der Waals surface area contributed by atoms with Gasteiger partial charge < -0.3 is 9.84 Å². The fourth-order valence-corrected chi connectivity index (χ4v) is 1.76. The van der Waals surface area contributed by atoms with E-state index in [9.17, 15) is 5.11 Å². The van der Waals surface area contributed by atoms with Gasteiger partial charge in [0.2, 0.25) is 0 Å². The Morgan fingerprint density at radius 1 is 1.25 bits per heavy atom. The molecule has 0 saturated heterocycles. The van der Waals surface area contributed by atoms with Crippen molar-refractivity contribution in [2.45, 2.75) is 40.2 Å². The van der Waals surface area contributed by atoms with Crippen LogP contribution in [-0.4, -0.2) is 12.2 Å². The van der Waals surface area contributed by atoms with Crippen molar-refractivity contribution < 1.29 is 9.84 Å². The second kappa shape index (κ2) is 4.46. The number of ether oxygens (including phenoxy) is 1. The second-order valence-corrected chi connectivity index (χ2v) is 4.89. The molecule has 0 aliphatic carbocycles. The van der Waals surface area contributed by atoms with Crippen molar-refractivity contribution in [1.82, 2.24) is 0 Å². The molecule has 1 aromatic rings. The van der Waals surface area contributed by atoms with Crippen molar-refractivity contribution in [3.05, 3.63) is 28.8 Å². The van der Waals surface area contributed by atoms with Gasteiger partial charge in [-0.2, -0.15) is 0 Å². The van der Waals surface area contributed by atoms with Gasteiger partial charge in [-0.05, 0) is 37.8 Å². The Bertz CT molecular complexity index is 379. The second-order valence-electron chi connectivity index (χ2n) is 4.89. The third-order valence-corrected chi connectivity index (χ3v) is 3.55. The predicted molar refractivity (Wildman–Crippen MR) is 66.9 cm³/mol. The Labute approximate surface area is 98.3 Å². The molecule has 90 valence electrons. The monoisotopic (exact) mass is 222 g/mol. The lowest BCUT2D eigenvalue weighted by Gasteiger charge is -2.30. The highest BCUT2D eigenvalue weighted by atomic mass is 16.5. The van der Waals surface area contributed by atoms with E-state index < -0.39 is 5.60 Å². The van der Waals surface area contributed by atoms with E-state index in [0.29, 0.717) is 0 Å². The van der Waals surface area contributed by atoms with E-state index in [0.717, 1.165) is 16.9 Å². The Balaban J connectivity index is 3.40. The minimum atomic E-state index is -0.857. The fourth-order valence-electron chi connectivity index (χ4n) is 1.76. The van der Waals surface area contributed by atoms with Crippen LogP contribution in [0.3, 0.4) is 0 Å². The van der Waals surface area contributed by atoms with Gasteiger partial charge in [-0.15, -0.1) is 0 Å². The third-order valence-electron chi connectivity index (χ3n) is 3.55. The molecule has 1 rings (SSSR count). The molecule has 0 spiro atoms. The average molecular weight is 222 g/mol. The lowest BCUT2D eigenvalue weighted by molar-refractivity contribution is 0.00686. The van der Waals surface area contributed by atoms with Crippen LogP contribution in [0.5, 0.6) is 5.75 Å². The van der Waals surface area contributed by atoms with Crippen LogP contribution in [0.25, 0.3) is 0 Å². The number of methoxy groups -OCH3 is 1. The normalized spacial score (nSPS) is 15.0. The maximum absolute atomic E-state index is 10.5. The van der Waals surface area contributed by atoms with Crippen LogP contribution in [0.2, 0.25) is 0 Å². The molecule has 0 aliphatic heterocycles. The smallest absolute Gasteiger partial charge is 0.128 e. The van der Waals surface area contributed by atoms with Gasteiger partial charge >= 0.3 is 0 Å². The Morgan fingerprint density at radius 2 is 1.81 bits per heavy atom. The maximum Gasteiger partial charge on any atom is 0.128 e. The van der Waals surface area contributed by atoms with Gasteiger partial charge in [-0.25, -0.2) is 0 Å². The van der Waals surface area contributed by atoms with E-state index >= 15 is 0 Å². The third kappa shape index (κ3) is 2.07. The summed E-state index contributed by atoms with van der Waals surface area (Å²) in [5, 5.41) is 10.5. The first kappa shape index (κ1) is 13.0. The summed E-state index contributed by atoms with van der Waals surface area (Å²) in [6.45, 7) is 9.92. The highest BCUT2D eigenvalue weighted by molar-refractivity contribution is 5.47. The molecule has 0 aromatic heterocycles. The van der Waals surface area contributed by atoms with Crippen LogP contribution >= 0.6 is 0 Å². The molecule has 1 N–H and O–H groups in total. The molecule has 0 aliphatic rings. The van der Waals surface area contributed by atoms with Crippen molar-refractivity contribution in [3.8, 4) is 5.75 Å². The Hall–Kier alpha value is -1.02. The summed E-state index contributed by atoms with van der Waals surface area (Å²) in [6, 6.07) is 3.99. The van der Waals surface area contributed by atoms with Crippen molar-refractivity contribution in [3.63, 3.8) is 0 Å². The number of aryl methyl sites for hydroxylation is 1. The van der Waals surface area contributed by atoms with Crippen LogP contribution in [0.15, 0.2) is 12.1 Å². The fraction of sp³-hybridized carbons (Fsp3) is 0.571. The molecule has 2 heteroatoms. The number of rotatable bonds is 3. The summed E-state index contributed by atoms with van der Waals surface area (Å²) in [4.78, 5) is 0. The first-order valence-corrected chi connectivity index (χ1v) is 5.69. The molecule has 2 nitrogen and oxygen atoms in total. The van der Waals surface area contributed by atoms with Gasteiger partial charge in [0.1, 0.15) is 5.75 Å². The van der Waals surface area contributed by atoms with Gasteiger partial charge in [0.25, 0.3) is 0 Å². The molecule has 0 fully saturated rings. The van der Waals surface area contributed by atoms with Crippen LogP contribution < -0.4 is 4.74 Å². The number of benzene rings is 1. The summed E-state index contributed by atoms with van der Waals surface area (Å²) in [7, 11) is 1.65. The van der Waals surface area contributed by atoms with E-state index in [-0.39, 0.29) is 5.92 Å². The van der Waals surface area contributed by atoms with Gasteiger partial charge in [0.05, 0.1) is 12.7 Å². The summed E-state index contributed by atoms with van der Waals surface area (Å²) in [5.74, 6) is 0.946. The number of hydrogen-bond donors (Lipinski definition) is 1. The molecule has 0 heterocycles. The van der Waals surface area contributed by atoms with E-state index in [1.54, 1.807) is 7.11 Å². The highest BCUT2D eigenvalue weighted by Gasteiger charge is 2.31. The van der Waals surface area contributed by atoms with Crippen LogP contribution in [0, 0.1) is 19.8 Å². The van der Waals surface area contributed by atoms with Crippen LogP contribution in [0.1, 0.15) is 37.5 Å². The summed E-state index contributed by atoms with van der Waals surface area (Å²) in [5.41, 5.74) is 2.29. The molecule has 1 atom stereocenters. The molecule has 16 heavy (non-hydrogen) atoms. The van der Waals surface area contributed by atoms with Crippen molar-refractivity contribution in [2.75, 3.05) is 7.11 Å². The zero-order valence-electron chi connectivity index (χ0n) is 11.1. The molecule has 0 bridgehead atoms. The molecule has 1 unspecified atom stereocenters. The molecular weight excluding hydrogens is 200 g/mol. The lowest BCUT2D eigenvalue weighted by atomic mass is 9.83. The zero-order chi connectivity index (χ0) is 12.5. The first-order chi connectivity index (χ1) is 7.32. The molecule has 0 amide bonds. The Kier molecular flexibility index (Phi) is 3.64. The highest BCUT2D eigenvalue weighted by Crippen LogP contribution is 2.38. The largest absolute Gasteiger partial charge is 0.496 e.